The van der Waals surface area contributed by atoms with Gasteiger partial charge in [-0.2, -0.15) is 4.98 Å². The summed E-state index contributed by atoms with van der Waals surface area (Å²) in [6.45, 7) is 2.14. The Morgan fingerprint density at radius 3 is 2.71 bits per heavy atom. The van der Waals surface area contributed by atoms with Crippen molar-refractivity contribution < 1.29 is 0 Å². The summed E-state index contributed by atoms with van der Waals surface area (Å²) >= 11 is 0. The summed E-state index contributed by atoms with van der Waals surface area (Å²) < 4.78 is 0. The number of fused-ring (bicyclic) bond motifs is 2. The Balaban J connectivity index is 1.50. The van der Waals surface area contributed by atoms with E-state index in [2.05, 4.69) is 15.6 Å². The van der Waals surface area contributed by atoms with Crippen LogP contribution in [0.5, 0.6) is 0 Å². The smallest absolute Gasteiger partial charge is 0.222 e. The summed E-state index contributed by atoms with van der Waals surface area (Å²) in [5, 5.41) is 7.22. The van der Waals surface area contributed by atoms with E-state index in [-0.39, 0.29) is 0 Å². The van der Waals surface area contributed by atoms with Gasteiger partial charge in [-0.05, 0) is 57.9 Å². The Labute approximate surface area is 145 Å². The lowest BCUT2D eigenvalue weighted by Gasteiger charge is -2.35. The maximum absolute atomic E-state index is 6.07. The molecule has 1 atom stereocenters. The third-order valence-corrected chi connectivity index (χ3v) is 6.37. The van der Waals surface area contributed by atoms with E-state index in [4.69, 9.17) is 10.7 Å². The van der Waals surface area contributed by atoms with Gasteiger partial charge in [-0.15, -0.1) is 0 Å². The maximum Gasteiger partial charge on any atom is 0.222 e. The number of nitrogens with two attached hydrogens (primary N) is 1. The van der Waals surface area contributed by atoms with Gasteiger partial charge in [0.05, 0.1) is 5.69 Å². The summed E-state index contributed by atoms with van der Waals surface area (Å²) in [5.74, 6) is 1.46. The summed E-state index contributed by atoms with van der Waals surface area (Å²) in [6.07, 6.45) is 14.0. The fourth-order valence-corrected chi connectivity index (χ4v) is 5.12. The quantitative estimate of drug-likeness (QED) is 0.791. The molecule has 2 aliphatic carbocycles. The van der Waals surface area contributed by atoms with E-state index in [9.17, 15) is 0 Å². The van der Waals surface area contributed by atoms with Crippen LogP contribution < -0.4 is 16.4 Å². The van der Waals surface area contributed by atoms with Gasteiger partial charge in [0.1, 0.15) is 5.82 Å². The molecule has 1 aliphatic heterocycles. The third-order valence-electron chi connectivity index (χ3n) is 6.37. The molecule has 0 radical (unpaired) electrons. The van der Waals surface area contributed by atoms with E-state index < -0.39 is 0 Å². The van der Waals surface area contributed by atoms with Crippen molar-refractivity contribution in [2.24, 2.45) is 0 Å². The van der Waals surface area contributed by atoms with Gasteiger partial charge in [-0.1, -0.05) is 19.3 Å². The van der Waals surface area contributed by atoms with Crippen molar-refractivity contribution in [2.45, 2.75) is 82.1 Å². The minimum Gasteiger partial charge on any atom is -0.370 e. The summed E-state index contributed by atoms with van der Waals surface area (Å²) in [4.78, 5) is 9.28. The van der Waals surface area contributed by atoms with Gasteiger partial charge < -0.3 is 16.4 Å². The van der Waals surface area contributed by atoms with Crippen LogP contribution in [-0.2, 0) is 11.8 Å². The Kier molecular flexibility index (Phi) is 4.61. The molecule has 1 spiro atoms. The highest BCUT2D eigenvalue weighted by Gasteiger charge is 2.41. The molecule has 0 bridgehead atoms. The number of hydrogen-bond acceptors (Lipinski definition) is 5. The van der Waals surface area contributed by atoms with E-state index in [0.29, 0.717) is 17.4 Å². The molecule has 3 aliphatic rings. The molecule has 1 aromatic heterocycles. The normalized spacial score (nSPS) is 25.6. The van der Waals surface area contributed by atoms with Gasteiger partial charge in [-0.3, -0.25) is 0 Å². The summed E-state index contributed by atoms with van der Waals surface area (Å²) in [7, 11) is 0. The van der Waals surface area contributed by atoms with Gasteiger partial charge in [-0.25, -0.2) is 4.98 Å². The first-order valence-corrected chi connectivity index (χ1v) is 9.91. The first-order chi connectivity index (χ1) is 11.8. The standard InChI is InChI=1S/C19H31N5/c20-18-23-16-15(7-5-11-19(16)9-2-3-10-19)17(24-18)22-13-8-14-6-1-4-12-21-14/h14,21H,1-13H2,(H3,20,22,23,24). The SMILES string of the molecule is Nc1nc(NCCC2CCCCN2)c2c(n1)C1(CCCC1)CCC2. The number of nitrogens with one attached hydrogen (secondary N) is 2. The van der Waals surface area contributed by atoms with Crippen LogP contribution in [0.15, 0.2) is 0 Å². The Hall–Kier alpha value is -1.36. The molecule has 1 saturated carbocycles. The molecule has 24 heavy (non-hydrogen) atoms. The van der Waals surface area contributed by atoms with Crippen molar-refractivity contribution >= 4 is 11.8 Å². The molecule has 1 unspecified atom stereocenters. The highest BCUT2D eigenvalue weighted by Crippen LogP contribution is 2.49. The van der Waals surface area contributed by atoms with E-state index >= 15 is 0 Å². The van der Waals surface area contributed by atoms with Gasteiger partial charge in [0.25, 0.3) is 0 Å². The predicted molar refractivity (Wildman–Crippen MR) is 98.3 cm³/mol. The van der Waals surface area contributed by atoms with E-state index in [1.165, 1.54) is 75.6 Å². The first-order valence-electron chi connectivity index (χ1n) is 9.91. The van der Waals surface area contributed by atoms with Crippen LogP contribution in [0.2, 0.25) is 0 Å². The summed E-state index contributed by atoms with van der Waals surface area (Å²) in [6, 6.07) is 0.655. The molecule has 5 nitrogen and oxygen atoms in total. The number of hydrogen-bond donors (Lipinski definition) is 3. The lowest BCUT2D eigenvalue weighted by atomic mass is 9.72. The van der Waals surface area contributed by atoms with Crippen LogP contribution >= 0.6 is 0 Å². The van der Waals surface area contributed by atoms with Gasteiger partial charge in [0.2, 0.25) is 5.95 Å². The van der Waals surface area contributed by atoms with E-state index in [1.807, 2.05) is 0 Å². The van der Waals surface area contributed by atoms with Crippen molar-refractivity contribution in [3.8, 4) is 0 Å². The topological polar surface area (TPSA) is 75.9 Å². The van der Waals surface area contributed by atoms with Gasteiger partial charge >= 0.3 is 0 Å². The molecule has 2 heterocycles. The lowest BCUT2D eigenvalue weighted by molar-refractivity contribution is 0.357. The third kappa shape index (κ3) is 3.10. The molecule has 0 aromatic carbocycles. The lowest BCUT2D eigenvalue weighted by Crippen LogP contribution is -2.35. The number of nitrogens with zero attached hydrogens (tertiary/aromatic N) is 2. The molecule has 0 amide bonds. The zero-order chi connectivity index (χ0) is 16.4. The molecule has 5 heteroatoms. The average Bonchev–Trinajstić information content (AvgIpc) is 3.06. The number of aromatic nitrogens is 2. The zero-order valence-electron chi connectivity index (χ0n) is 14.7. The zero-order valence-corrected chi connectivity index (χ0v) is 14.7. The molecule has 2 fully saturated rings. The minimum atomic E-state index is 0.298. The molecule has 4 rings (SSSR count). The van der Waals surface area contributed by atoms with Gasteiger partial charge in [0.15, 0.2) is 0 Å². The van der Waals surface area contributed by atoms with Crippen LogP contribution in [0.1, 0.15) is 75.5 Å². The second-order valence-corrected chi connectivity index (χ2v) is 7.96. The Bertz CT molecular complexity index is 573. The number of piperidine rings is 1. The van der Waals surface area contributed by atoms with Crippen LogP contribution in [0.4, 0.5) is 11.8 Å². The van der Waals surface area contributed by atoms with Crippen molar-refractivity contribution in [3.05, 3.63) is 11.3 Å². The molecule has 132 valence electrons. The summed E-state index contributed by atoms with van der Waals surface area (Å²) in [5.41, 5.74) is 9.00. The molecule has 1 aromatic rings. The van der Waals surface area contributed by atoms with Crippen molar-refractivity contribution in [3.63, 3.8) is 0 Å². The van der Waals surface area contributed by atoms with Crippen LogP contribution in [0.3, 0.4) is 0 Å². The highest BCUT2D eigenvalue weighted by molar-refractivity contribution is 5.53. The monoisotopic (exact) mass is 329 g/mol. The molecule has 4 N–H and O–H groups in total. The molecule has 1 saturated heterocycles. The number of rotatable bonds is 4. The Morgan fingerprint density at radius 2 is 1.92 bits per heavy atom. The van der Waals surface area contributed by atoms with E-state index in [1.54, 1.807) is 0 Å². The fourth-order valence-electron chi connectivity index (χ4n) is 5.12. The average molecular weight is 329 g/mol. The molecular weight excluding hydrogens is 298 g/mol. The number of nitrogen functional groups attached to an aromatic ring is 1. The largest absolute Gasteiger partial charge is 0.370 e. The second kappa shape index (κ2) is 6.87. The highest BCUT2D eigenvalue weighted by atomic mass is 15.1. The molecular formula is C19H31N5. The second-order valence-electron chi connectivity index (χ2n) is 7.96. The Morgan fingerprint density at radius 1 is 1.08 bits per heavy atom. The van der Waals surface area contributed by atoms with E-state index in [0.717, 1.165) is 25.2 Å². The van der Waals surface area contributed by atoms with Crippen molar-refractivity contribution in [1.29, 1.82) is 0 Å². The predicted octanol–water partition coefficient (Wildman–Crippen LogP) is 3.15. The number of anilines is 2. The minimum absolute atomic E-state index is 0.298. The van der Waals surface area contributed by atoms with Gasteiger partial charge in [0, 0.05) is 23.6 Å². The van der Waals surface area contributed by atoms with Crippen LogP contribution in [-0.4, -0.2) is 29.1 Å². The first kappa shape index (κ1) is 16.1. The fraction of sp³-hybridized carbons (Fsp3) is 0.789. The van der Waals surface area contributed by atoms with Crippen LogP contribution in [0.25, 0.3) is 0 Å². The maximum atomic E-state index is 6.07. The van der Waals surface area contributed by atoms with Crippen LogP contribution in [0, 0.1) is 0 Å². The van der Waals surface area contributed by atoms with Crippen molar-refractivity contribution in [1.82, 2.24) is 15.3 Å². The van der Waals surface area contributed by atoms with Crippen molar-refractivity contribution in [2.75, 3.05) is 24.1 Å².